The monoisotopic (exact) mass is 577 g/mol. The van der Waals surface area contributed by atoms with E-state index < -0.39 is 26.7 Å². The van der Waals surface area contributed by atoms with E-state index in [2.05, 4.69) is 35.3 Å². The maximum atomic E-state index is 12.9. The predicted molar refractivity (Wildman–Crippen MR) is 144 cm³/mol. The second-order valence-electron chi connectivity index (χ2n) is 7.49. The van der Waals surface area contributed by atoms with E-state index in [0.29, 0.717) is 21.3 Å². The molecular formula is C22H20ClN7O4S3. The Kier molecular flexibility index (Phi) is 7.82. The molecule has 1 unspecified atom stereocenters. The van der Waals surface area contributed by atoms with Crippen LogP contribution in [0.4, 0.5) is 16.6 Å². The normalized spacial score (nSPS) is 12.1. The van der Waals surface area contributed by atoms with Crippen LogP contribution in [0, 0.1) is 6.92 Å². The molecule has 0 spiro atoms. The van der Waals surface area contributed by atoms with Crippen LogP contribution in [0.15, 0.2) is 58.8 Å². The summed E-state index contributed by atoms with van der Waals surface area (Å²) in [5, 5.41) is 5.89. The third-order valence-electron chi connectivity index (χ3n) is 4.92. The Morgan fingerprint density at radius 1 is 1.11 bits per heavy atom. The van der Waals surface area contributed by atoms with Crippen LogP contribution < -0.4 is 15.4 Å². The van der Waals surface area contributed by atoms with E-state index in [4.69, 9.17) is 11.6 Å². The molecule has 3 N–H and O–H groups in total. The van der Waals surface area contributed by atoms with Crippen molar-refractivity contribution >= 4 is 66.3 Å². The maximum absolute atomic E-state index is 12.9. The number of aromatic nitrogens is 4. The average Bonchev–Trinajstić information content (AvgIpc) is 3.24. The van der Waals surface area contributed by atoms with Gasteiger partial charge in [-0.2, -0.15) is 0 Å². The molecule has 3 aromatic heterocycles. The van der Waals surface area contributed by atoms with Gasteiger partial charge in [-0.1, -0.05) is 41.1 Å². The molecule has 15 heteroatoms. The lowest BCUT2D eigenvalue weighted by atomic mass is 10.2. The first-order chi connectivity index (χ1) is 17.6. The Hall–Kier alpha value is -3.46. The first-order valence-electron chi connectivity index (χ1n) is 10.5. The molecule has 0 aliphatic carbocycles. The Bertz CT molecular complexity index is 1610. The maximum Gasteiger partial charge on any atom is 0.262 e. The number of hydrogen-bond donors (Lipinski definition) is 3. The van der Waals surface area contributed by atoms with Gasteiger partial charge in [0.05, 0.1) is 32.0 Å². The standard InChI is InChI=1S/C22H20ClN7O4S3/c1-12-17(13-9-16(18(23)25-10-13)30-37(33,34)14-7-5-4-6-8-14)35-21(27-12)29-20(31)15-11-26-22(36(3)32)28-19(15)24-2/h4-11,30H,1-3H3,(H,24,26,28)(H,27,29,31). The molecule has 0 fully saturated rings. The number of nitrogens with zero attached hydrogens (tertiary/aromatic N) is 4. The second kappa shape index (κ2) is 10.9. The fourth-order valence-corrected chi connectivity index (χ4v) is 5.84. The van der Waals surface area contributed by atoms with Crippen molar-refractivity contribution in [1.29, 1.82) is 0 Å². The quantitative estimate of drug-likeness (QED) is 0.209. The highest BCUT2D eigenvalue weighted by Crippen LogP contribution is 2.36. The summed E-state index contributed by atoms with van der Waals surface area (Å²) in [7, 11) is -3.70. The van der Waals surface area contributed by atoms with Crippen LogP contribution in [0.2, 0.25) is 5.15 Å². The smallest absolute Gasteiger partial charge is 0.262 e. The average molecular weight is 578 g/mol. The number of carbonyl (C=O) groups excluding carboxylic acids is 1. The Labute approximate surface area is 224 Å². The van der Waals surface area contributed by atoms with E-state index >= 15 is 0 Å². The van der Waals surface area contributed by atoms with Crippen molar-refractivity contribution < 1.29 is 17.4 Å². The summed E-state index contributed by atoms with van der Waals surface area (Å²) in [6.45, 7) is 1.75. The molecule has 0 saturated carbocycles. The second-order valence-corrected chi connectivity index (χ2v) is 11.8. The van der Waals surface area contributed by atoms with Gasteiger partial charge in [0.2, 0.25) is 5.16 Å². The lowest BCUT2D eigenvalue weighted by Gasteiger charge is -2.10. The summed E-state index contributed by atoms with van der Waals surface area (Å²) < 4.78 is 39.6. The number of thiazole rings is 1. The highest BCUT2D eigenvalue weighted by atomic mass is 35.5. The molecule has 0 bridgehead atoms. The van der Waals surface area contributed by atoms with E-state index in [1.807, 2.05) is 0 Å². The van der Waals surface area contributed by atoms with Gasteiger partial charge in [0.15, 0.2) is 10.3 Å². The summed E-state index contributed by atoms with van der Waals surface area (Å²) in [5.74, 6) is -0.285. The van der Waals surface area contributed by atoms with Crippen LogP contribution in [-0.2, 0) is 20.8 Å². The van der Waals surface area contributed by atoms with Crippen molar-refractivity contribution in [2.75, 3.05) is 28.7 Å². The molecular weight excluding hydrogens is 558 g/mol. The Morgan fingerprint density at radius 3 is 2.51 bits per heavy atom. The number of hydrogen-bond acceptors (Lipinski definition) is 10. The lowest BCUT2D eigenvalue weighted by molar-refractivity contribution is 0.102. The molecule has 0 aliphatic heterocycles. The number of anilines is 3. The largest absolute Gasteiger partial charge is 0.372 e. The Balaban J connectivity index is 1.59. The van der Waals surface area contributed by atoms with Gasteiger partial charge in [-0.05, 0) is 25.1 Å². The van der Waals surface area contributed by atoms with Crippen molar-refractivity contribution in [1.82, 2.24) is 19.9 Å². The van der Waals surface area contributed by atoms with Gasteiger partial charge >= 0.3 is 0 Å². The number of amides is 1. The molecule has 192 valence electrons. The Morgan fingerprint density at radius 2 is 1.84 bits per heavy atom. The molecule has 1 atom stereocenters. The van der Waals surface area contributed by atoms with Gasteiger partial charge in [0.1, 0.15) is 11.4 Å². The number of pyridine rings is 1. The number of sulfonamides is 1. The van der Waals surface area contributed by atoms with E-state index in [1.165, 1.54) is 42.1 Å². The van der Waals surface area contributed by atoms with Gasteiger partial charge in [0.25, 0.3) is 15.9 Å². The fourth-order valence-electron chi connectivity index (χ4n) is 3.19. The highest BCUT2D eigenvalue weighted by Gasteiger charge is 2.20. The molecule has 0 aliphatic rings. The summed E-state index contributed by atoms with van der Waals surface area (Å²) in [6, 6.07) is 9.44. The third-order valence-corrected chi connectivity index (χ3v) is 8.44. The molecule has 3 heterocycles. The topological polar surface area (TPSA) is 156 Å². The zero-order valence-corrected chi connectivity index (χ0v) is 22.8. The minimum atomic E-state index is -3.88. The van der Waals surface area contributed by atoms with E-state index in [-0.39, 0.29) is 32.3 Å². The number of aryl methyl sites for hydroxylation is 1. The summed E-state index contributed by atoms with van der Waals surface area (Å²) >= 11 is 7.35. The minimum Gasteiger partial charge on any atom is -0.372 e. The molecule has 4 rings (SSSR count). The number of benzene rings is 1. The summed E-state index contributed by atoms with van der Waals surface area (Å²) in [6.07, 6.45) is 4.23. The van der Waals surface area contributed by atoms with E-state index in [9.17, 15) is 17.4 Å². The molecule has 0 radical (unpaired) electrons. The van der Waals surface area contributed by atoms with Crippen LogP contribution >= 0.6 is 22.9 Å². The molecule has 1 amide bonds. The molecule has 11 nitrogen and oxygen atoms in total. The molecule has 1 aromatic carbocycles. The third kappa shape index (κ3) is 5.93. The van der Waals surface area contributed by atoms with Crippen LogP contribution in [0.1, 0.15) is 16.1 Å². The number of rotatable bonds is 8. The van der Waals surface area contributed by atoms with E-state index in [0.717, 1.165) is 0 Å². The van der Waals surface area contributed by atoms with Crippen molar-refractivity contribution in [2.24, 2.45) is 0 Å². The first kappa shape index (κ1) is 26.6. The number of halogens is 1. The summed E-state index contributed by atoms with van der Waals surface area (Å²) in [5.41, 5.74) is 1.39. The van der Waals surface area contributed by atoms with Crippen molar-refractivity contribution in [3.05, 3.63) is 65.2 Å². The minimum absolute atomic E-state index is 0.0185. The van der Waals surface area contributed by atoms with Crippen LogP contribution in [0.25, 0.3) is 10.4 Å². The zero-order chi connectivity index (χ0) is 26.7. The van der Waals surface area contributed by atoms with Crippen LogP contribution in [-0.4, -0.2) is 51.8 Å². The zero-order valence-electron chi connectivity index (χ0n) is 19.6. The molecule has 37 heavy (non-hydrogen) atoms. The number of carbonyl (C=O) groups is 1. The predicted octanol–water partition coefficient (Wildman–Crippen LogP) is 3.79. The van der Waals surface area contributed by atoms with E-state index in [1.54, 1.807) is 38.2 Å². The lowest BCUT2D eigenvalue weighted by Crippen LogP contribution is -2.16. The SMILES string of the molecule is CNc1nc(S(C)=O)ncc1C(=O)Nc1nc(C)c(-c2cnc(Cl)c(NS(=O)(=O)c3ccccc3)c2)s1. The fraction of sp³-hybridized carbons (Fsp3) is 0.136. The van der Waals surface area contributed by atoms with Gasteiger partial charge in [-0.15, -0.1) is 0 Å². The number of nitrogens with one attached hydrogen (secondary N) is 3. The molecule has 4 aromatic rings. The van der Waals surface area contributed by atoms with Gasteiger partial charge < -0.3 is 5.32 Å². The van der Waals surface area contributed by atoms with Crippen molar-refractivity contribution in [2.45, 2.75) is 17.0 Å². The van der Waals surface area contributed by atoms with Gasteiger partial charge in [-0.3, -0.25) is 19.0 Å². The molecule has 0 saturated heterocycles. The van der Waals surface area contributed by atoms with Crippen LogP contribution in [0.3, 0.4) is 0 Å². The van der Waals surface area contributed by atoms with Crippen molar-refractivity contribution in [3.63, 3.8) is 0 Å². The van der Waals surface area contributed by atoms with Crippen LogP contribution in [0.5, 0.6) is 0 Å². The highest BCUT2D eigenvalue weighted by molar-refractivity contribution is 7.92. The first-order valence-corrected chi connectivity index (χ1v) is 14.7. The van der Waals surface area contributed by atoms with Gasteiger partial charge in [-0.25, -0.2) is 28.4 Å². The summed E-state index contributed by atoms with van der Waals surface area (Å²) in [4.78, 5) is 30.2. The van der Waals surface area contributed by atoms with Gasteiger partial charge in [0, 0.05) is 31.3 Å². The van der Waals surface area contributed by atoms with Crippen molar-refractivity contribution in [3.8, 4) is 10.4 Å².